The summed E-state index contributed by atoms with van der Waals surface area (Å²) in [7, 11) is 1.88. The molecule has 2 aliphatic rings. The van der Waals surface area contributed by atoms with Crippen LogP contribution in [0.2, 0.25) is 0 Å². The maximum Gasteiger partial charge on any atom is 0.256 e. The molecule has 0 saturated heterocycles. The van der Waals surface area contributed by atoms with Crippen molar-refractivity contribution >= 4 is 22.9 Å². The zero-order valence-corrected chi connectivity index (χ0v) is 17.2. The normalized spacial score (nSPS) is 21.9. The number of nitrogens with one attached hydrogen (secondary N) is 1. The molecule has 2 heterocycles. The summed E-state index contributed by atoms with van der Waals surface area (Å²) >= 11 is 1.79. The quantitative estimate of drug-likeness (QED) is 0.558. The van der Waals surface area contributed by atoms with E-state index in [9.17, 15) is 4.79 Å². The van der Waals surface area contributed by atoms with Crippen molar-refractivity contribution in [2.75, 3.05) is 12.4 Å². The molecule has 1 amide bonds. The Labute approximate surface area is 175 Å². The molecule has 1 aliphatic heterocycles. The lowest BCUT2D eigenvalue weighted by atomic mass is 9.78. The SMILES string of the molecule is CN(Cc1ccccc1)C(=O)c1cccc2c1NC(c1cccs1)C1CC=CC21. The maximum absolute atomic E-state index is 13.4. The Morgan fingerprint density at radius 2 is 1.97 bits per heavy atom. The minimum Gasteiger partial charge on any atom is -0.376 e. The number of carbonyl (C=O) groups excluding carboxylic acids is 1. The van der Waals surface area contributed by atoms with Gasteiger partial charge in [-0.1, -0.05) is 60.7 Å². The molecule has 0 radical (unpaired) electrons. The highest BCUT2D eigenvalue weighted by molar-refractivity contribution is 7.10. The largest absolute Gasteiger partial charge is 0.376 e. The first kappa shape index (κ1) is 18.2. The minimum atomic E-state index is 0.0589. The molecular weight excluding hydrogens is 376 g/mol. The van der Waals surface area contributed by atoms with E-state index in [-0.39, 0.29) is 11.9 Å². The van der Waals surface area contributed by atoms with E-state index < -0.39 is 0 Å². The molecule has 0 bridgehead atoms. The molecule has 5 rings (SSSR count). The standard InChI is InChI=1S/C25H24N2OS/c1-27(16-17-8-3-2-4-9-17)25(28)21-13-6-11-19-18-10-5-12-20(18)24(26-23(19)21)22-14-7-15-29-22/h2-11,13-15,18,20,24,26H,12,16H2,1H3. The summed E-state index contributed by atoms with van der Waals surface area (Å²) in [5.74, 6) is 0.933. The summed E-state index contributed by atoms with van der Waals surface area (Å²) in [5.41, 5.74) is 4.15. The molecule has 1 aromatic heterocycles. The monoisotopic (exact) mass is 400 g/mol. The molecule has 1 N–H and O–H groups in total. The second-order valence-electron chi connectivity index (χ2n) is 7.91. The topological polar surface area (TPSA) is 32.3 Å². The first-order chi connectivity index (χ1) is 14.2. The zero-order chi connectivity index (χ0) is 19.8. The molecule has 29 heavy (non-hydrogen) atoms. The number of hydrogen-bond acceptors (Lipinski definition) is 3. The van der Waals surface area contributed by atoms with E-state index in [1.807, 2.05) is 42.3 Å². The van der Waals surface area contributed by atoms with E-state index in [0.29, 0.717) is 18.4 Å². The molecular formula is C25H24N2OS. The summed E-state index contributed by atoms with van der Waals surface area (Å²) in [6.07, 6.45) is 5.70. The van der Waals surface area contributed by atoms with Gasteiger partial charge in [-0.3, -0.25) is 4.79 Å². The maximum atomic E-state index is 13.4. The van der Waals surface area contributed by atoms with Gasteiger partial charge in [-0.15, -0.1) is 11.3 Å². The van der Waals surface area contributed by atoms with Gasteiger partial charge in [0.05, 0.1) is 17.3 Å². The number of allylic oxidation sites excluding steroid dienone is 2. The third-order valence-corrected chi connectivity index (χ3v) is 7.04. The number of nitrogens with zero attached hydrogens (tertiary/aromatic N) is 1. The first-order valence-corrected chi connectivity index (χ1v) is 11.0. The van der Waals surface area contributed by atoms with Crippen molar-refractivity contribution in [3.63, 3.8) is 0 Å². The lowest BCUT2D eigenvalue weighted by molar-refractivity contribution is 0.0785. The molecule has 146 valence electrons. The Morgan fingerprint density at radius 3 is 2.76 bits per heavy atom. The van der Waals surface area contributed by atoms with Gasteiger partial charge in [0.2, 0.25) is 0 Å². The Bertz CT molecular complexity index is 1040. The second-order valence-corrected chi connectivity index (χ2v) is 8.89. The highest BCUT2D eigenvalue weighted by atomic mass is 32.1. The summed E-state index contributed by atoms with van der Waals surface area (Å²) in [6, 6.07) is 20.9. The van der Waals surface area contributed by atoms with E-state index in [2.05, 4.69) is 53.2 Å². The summed E-state index contributed by atoms with van der Waals surface area (Å²) in [5, 5.41) is 5.90. The lowest BCUT2D eigenvalue weighted by Crippen LogP contribution is -2.32. The van der Waals surface area contributed by atoms with Gasteiger partial charge in [-0.05, 0) is 41.0 Å². The predicted octanol–water partition coefficient (Wildman–Crippen LogP) is 5.85. The van der Waals surface area contributed by atoms with Crippen LogP contribution in [0.1, 0.15) is 44.7 Å². The number of fused-ring (bicyclic) bond motifs is 3. The number of anilines is 1. The Balaban J connectivity index is 1.49. The van der Waals surface area contributed by atoms with Crippen molar-refractivity contribution in [3.8, 4) is 0 Å². The minimum absolute atomic E-state index is 0.0589. The third-order valence-electron chi connectivity index (χ3n) is 6.09. The van der Waals surface area contributed by atoms with Gasteiger partial charge in [0.25, 0.3) is 5.91 Å². The van der Waals surface area contributed by atoms with Crippen LogP contribution in [0.5, 0.6) is 0 Å². The van der Waals surface area contributed by atoms with Crippen LogP contribution in [-0.4, -0.2) is 17.9 Å². The average Bonchev–Trinajstić information content (AvgIpc) is 3.45. The fraction of sp³-hybridized carbons (Fsp3) is 0.240. The van der Waals surface area contributed by atoms with Gasteiger partial charge in [-0.2, -0.15) is 0 Å². The van der Waals surface area contributed by atoms with Gasteiger partial charge in [0.1, 0.15) is 0 Å². The molecule has 1 aliphatic carbocycles. The fourth-order valence-corrected chi connectivity index (χ4v) is 5.54. The number of para-hydroxylation sites is 1. The van der Waals surface area contributed by atoms with Crippen LogP contribution in [0.3, 0.4) is 0 Å². The van der Waals surface area contributed by atoms with E-state index in [1.54, 1.807) is 11.3 Å². The fourth-order valence-electron chi connectivity index (χ4n) is 4.68. The number of thiophene rings is 1. The zero-order valence-electron chi connectivity index (χ0n) is 16.4. The smallest absolute Gasteiger partial charge is 0.256 e. The Morgan fingerprint density at radius 1 is 1.10 bits per heavy atom. The van der Waals surface area contributed by atoms with Gasteiger partial charge < -0.3 is 10.2 Å². The van der Waals surface area contributed by atoms with Crippen LogP contribution in [0.15, 0.2) is 78.2 Å². The molecule has 3 atom stereocenters. The molecule has 3 nitrogen and oxygen atoms in total. The van der Waals surface area contributed by atoms with Crippen molar-refractivity contribution in [1.29, 1.82) is 0 Å². The molecule has 3 aromatic rings. The van der Waals surface area contributed by atoms with Crippen molar-refractivity contribution < 1.29 is 4.79 Å². The molecule has 4 heteroatoms. The Hall–Kier alpha value is -2.85. The number of hydrogen-bond donors (Lipinski definition) is 1. The highest BCUT2D eigenvalue weighted by Gasteiger charge is 2.39. The van der Waals surface area contributed by atoms with Crippen molar-refractivity contribution in [1.82, 2.24) is 4.90 Å². The van der Waals surface area contributed by atoms with Gasteiger partial charge >= 0.3 is 0 Å². The van der Waals surface area contributed by atoms with Crippen LogP contribution in [0.4, 0.5) is 5.69 Å². The van der Waals surface area contributed by atoms with Crippen LogP contribution < -0.4 is 5.32 Å². The van der Waals surface area contributed by atoms with Gasteiger partial charge in [-0.25, -0.2) is 0 Å². The van der Waals surface area contributed by atoms with Crippen LogP contribution in [0, 0.1) is 5.92 Å². The van der Waals surface area contributed by atoms with Gasteiger partial charge in [0, 0.05) is 24.4 Å². The number of benzene rings is 2. The Kier molecular flexibility index (Phi) is 4.72. The first-order valence-electron chi connectivity index (χ1n) is 10.1. The summed E-state index contributed by atoms with van der Waals surface area (Å²) in [6.45, 7) is 0.601. The van der Waals surface area contributed by atoms with E-state index in [4.69, 9.17) is 0 Å². The highest BCUT2D eigenvalue weighted by Crippen LogP contribution is 2.51. The molecule has 0 saturated carbocycles. The summed E-state index contributed by atoms with van der Waals surface area (Å²) < 4.78 is 0. The predicted molar refractivity (Wildman–Crippen MR) is 119 cm³/mol. The van der Waals surface area contributed by atoms with Gasteiger partial charge in [0.15, 0.2) is 0 Å². The van der Waals surface area contributed by atoms with E-state index in [0.717, 1.165) is 23.2 Å². The van der Waals surface area contributed by atoms with Crippen LogP contribution in [-0.2, 0) is 6.54 Å². The molecule has 3 unspecified atom stereocenters. The van der Waals surface area contributed by atoms with Crippen molar-refractivity contribution in [2.24, 2.45) is 5.92 Å². The number of amides is 1. The van der Waals surface area contributed by atoms with Crippen LogP contribution in [0.25, 0.3) is 0 Å². The van der Waals surface area contributed by atoms with Crippen molar-refractivity contribution in [2.45, 2.75) is 24.9 Å². The molecule has 2 aromatic carbocycles. The second kappa shape index (κ2) is 7.53. The van der Waals surface area contributed by atoms with E-state index in [1.165, 1.54) is 10.4 Å². The molecule has 0 spiro atoms. The average molecular weight is 401 g/mol. The van der Waals surface area contributed by atoms with Crippen molar-refractivity contribution in [3.05, 3.63) is 99.8 Å². The number of carbonyl (C=O) groups is 1. The summed E-state index contributed by atoms with van der Waals surface area (Å²) in [4.78, 5) is 16.5. The molecule has 0 fully saturated rings. The van der Waals surface area contributed by atoms with Crippen LogP contribution >= 0.6 is 11.3 Å². The number of rotatable bonds is 4. The van der Waals surface area contributed by atoms with E-state index >= 15 is 0 Å². The third kappa shape index (κ3) is 3.28. The lowest BCUT2D eigenvalue weighted by Gasteiger charge is -2.38.